The summed E-state index contributed by atoms with van der Waals surface area (Å²) in [7, 11) is 0. The molecule has 1 atom stereocenters. The van der Waals surface area contributed by atoms with Crippen LogP contribution >= 0.6 is 0 Å². The maximum Gasteiger partial charge on any atom is 0.326 e. The average Bonchev–Trinajstić information content (AvgIpc) is 2.82. The average molecular weight is 245 g/mol. The summed E-state index contributed by atoms with van der Waals surface area (Å²) >= 11 is 0. The first-order chi connectivity index (χ1) is 8.63. The molecule has 4 nitrogen and oxygen atoms in total. The summed E-state index contributed by atoms with van der Waals surface area (Å²) in [6.07, 6.45) is 5.10. The Hall–Kier alpha value is -2.10. The van der Waals surface area contributed by atoms with Crippen molar-refractivity contribution < 1.29 is 14.7 Å². The molecule has 0 spiro atoms. The molecule has 0 saturated heterocycles. The molecule has 0 saturated carbocycles. The molecule has 1 amide bonds. The molecule has 4 heteroatoms. The van der Waals surface area contributed by atoms with Crippen LogP contribution in [-0.2, 0) is 11.2 Å². The van der Waals surface area contributed by atoms with Gasteiger partial charge < -0.3 is 10.4 Å². The monoisotopic (exact) mass is 245 g/mol. The zero-order chi connectivity index (χ0) is 13.1. The van der Waals surface area contributed by atoms with E-state index < -0.39 is 12.0 Å². The number of amides is 1. The number of nitrogens with one attached hydrogen (secondary N) is 1. The van der Waals surface area contributed by atoms with Gasteiger partial charge in [0, 0.05) is 5.56 Å². The lowest BCUT2D eigenvalue weighted by Gasteiger charge is -2.13. The van der Waals surface area contributed by atoms with Crippen molar-refractivity contribution in [2.45, 2.75) is 25.8 Å². The van der Waals surface area contributed by atoms with Gasteiger partial charge in [0.2, 0.25) is 0 Å². The second kappa shape index (κ2) is 5.04. The topological polar surface area (TPSA) is 66.4 Å². The van der Waals surface area contributed by atoms with Gasteiger partial charge in [-0.15, -0.1) is 0 Å². The first-order valence-corrected chi connectivity index (χ1v) is 5.95. The molecule has 0 radical (unpaired) electrons. The van der Waals surface area contributed by atoms with E-state index in [-0.39, 0.29) is 5.91 Å². The van der Waals surface area contributed by atoms with Crippen LogP contribution in [0.15, 0.2) is 24.3 Å². The van der Waals surface area contributed by atoms with Gasteiger partial charge in [0.05, 0.1) is 0 Å². The van der Waals surface area contributed by atoms with Crippen molar-refractivity contribution in [1.82, 2.24) is 5.32 Å². The lowest BCUT2D eigenvalue weighted by molar-refractivity contribution is -0.139. The molecule has 94 valence electrons. The maximum atomic E-state index is 12.1. The summed E-state index contributed by atoms with van der Waals surface area (Å²) < 4.78 is 0. The Morgan fingerprint density at radius 1 is 1.44 bits per heavy atom. The highest BCUT2D eigenvalue weighted by atomic mass is 16.4. The first-order valence-electron chi connectivity index (χ1n) is 5.95. The van der Waals surface area contributed by atoms with Gasteiger partial charge in [-0.25, -0.2) is 4.79 Å². The number of hydrogen-bond acceptors (Lipinski definition) is 2. The molecular formula is C14H15NO3. The Labute approximate surface area is 105 Å². The fourth-order valence-corrected chi connectivity index (χ4v) is 2.06. The Balaban J connectivity index is 2.22. The minimum atomic E-state index is -1.01. The zero-order valence-corrected chi connectivity index (χ0v) is 10.1. The van der Waals surface area contributed by atoms with Crippen molar-refractivity contribution in [2.24, 2.45) is 0 Å². The Kier molecular flexibility index (Phi) is 3.46. The van der Waals surface area contributed by atoms with Crippen molar-refractivity contribution >= 4 is 18.0 Å². The Morgan fingerprint density at radius 3 is 2.89 bits per heavy atom. The molecule has 0 bridgehead atoms. The molecule has 18 heavy (non-hydrogen) atoms. The SMILES string of the molecule is CC[C@@H](NC(=O)c1cccc2c1C=CC2)C(=O)O. The van der Waals surface area contributed by atoms with Crippen LogP contribution in [0.3, 0.4) is 0 Å². The van der Waals surface area contributed by atoms with E-state index in [1.165, 1.54) is 0 Å². The van der Waals surface area contributed by atoms with E-state index in [0.29, 0.717) is 12.0 Å². The number of carboxylic acids is 1. The fraction of sp³-hybridized carbons (Fsp3) is 0.286. The van der Waals surface area contributed by atoms with Gasteiger partial charge in [0.25, 0.3) is 5.91 Å². The van der Waals surface area contributed by atoms with Crippen molar-refractivity contribution in [2.75, 3.05) is 0 Å². The first kappa shape index (κ1) is 12.4. The second-order valence-electron chi connectivity index (χ2n) is 4.26. The van der Waals surface area contributed by atoms with E-state index in [1.54, 1.807) is 13.0 Å². The number of fused-ring (bicyclic) bond motifs is 1. The van der Waals surface area contributed by atoms with Crippen molar-refractivity contribution in [3.8, 4) is 0 Å². The summed E-state index contributed by atoms with van der Waals surface area (Å²) in [5.74, 6) is -1.33. The molecule has 2 N–H and O–H groups in total. The van der Waals surface area contributed by atoms with Gasteiger partial charge in [-0.2, -0.15) is 0 Å². The summed E-state index contributed by atoms with van der Waals surface area (Å²) in [6.45, 7) is 1.73. The molecule has 0 aliphatic heterocycles. The number of carbonyl (C=O) groups is 2. The maximum absolute atomic E-state index is 12.1. The highest BCUT2D eigenvalue weighted by molar-refractivity contribution is 6.00. The number of allylic oxidation sites excluding steroid dienone is 1. The van der Waals surface area contributed by atoms with Gasteiger partial charge in [0.15, 0.2) is 0 Å². The second-order valence-corrected chi connectivity index (χ2v) is 4.26. The van der Waals surface area contributed by atoms with Gasteiger partial charge >= 0.3 is 5.97 Å². The van der Waals surface area contributed by atoms with Gasteiger partial charge in [-0.05, 0) is 30.0 Å². The van der Waals surface area contributed by atoms with Crippen LogP contribution in [0.4, 0.5) is 0 Å². The number of rotatable bonds is 4. The third-order valence-corrected chi connectivity index (χ3v) is 3.08. The minimum Gasteiger partial charge on any atom is -0.480 e. The largest absolute Gasteiger partial charge is 0.480 e. The lowest BCUT2D eigenvalue weighted by atomic mass is 10.0. The lowest BCUT2D eigenvalue weighted by Crippen LogP contribution is -2.40. The molecule has 0 unspecified atom stereocenters. The van der Waals surface area contributed by atoms with Crippen LogP contribution in [0.25, 0.3) is 6.08 Å². The van der Waals surface area contributed by atoms with Crippen LogP contribution < -0.4 is 5.32 Å². The van der Waals surface area contributed by atoms with Crippen LogP contribution in [-0.4, -0.2) is 23.0 Å². The quantitative estimate of drug-likeness (QED) is 0.850. The molecule has 2 rings (SSSR count). The summed E-state index contributed by atoms with van der Waals surface area (Å²) in [4.78, 5) is 23.0. The van der Waals surface area contributed by atoms with Crippen molar-refractivity contribution in [1.29, 1.82) is 0 Å². The number of carbonyl (C=O) groups excluding carboxylic acids is 1. The van der Waals surface area contributed by atoms with E-state index in [0.717, 1.165) is 17.5 Å². The van der Waals surface area contributed by atoms with Crippen molar-refractivity contribution in [3.05, 3.63) is 41.0 Å². The third kappa shape index (κ3) is 2.27. The van der Waals surface area contributed by atoms with Gasteiger partial charge in [-0.1, -0.05) is 31.2 Å². The zero-order valence-electron chi connectivity index (χ0n) is 10.1. The smallest absolute Gasteiger partial charge is 0.326 e. The Bertz CT molecular complexity index is 520. The van der Waals surface area contributed by atoms with E-state index in [9.17, 15) is 9.59 Å². The van der Waals surface area contributed by atoms with E-state index in [4.69, 9.17) is 5.11 Å². The molecular weight excluding hydrogens is 230 g/mol. The van der Waals surface area contributed by atoms with Crippen molar-refractivity contribution in [3.63, 3.8) is 0 Å². The van der Waals surface area contributed by atoms with Crippen LogP contribution in [0.5, 0.6) is 0 Å². The Morgan fingerprint density at radius 2 is 2.22 bits per heavy atom. The summed E-state index contributed by atoms with van der Waals surface area (Å²) in [5.41, 5.74) is 2.54. The van der Waals surface area contributed by atoms with E-state index in [1.807, 2.05) is 24.3 Å². The van der Waals surface area contributed by atoms with Crippen LogP contribution in [0, 0.1) is 0 Å². The number of hydrogen-bond donors (Lipinski definition) is 2. The van der Waals surface area contributed by atoms with Gasteiger partial charge in [0.1, 0.15) is 6.04 Å². The number of carboxylic acid groups (broad SMARTS) is 1. The number of benzene rings is 1. The normalized spacial score (nSPS) is 14.1. The molecule has 0 fully saturated rings. The molecule has 0 heterocycles. The standard InChI is InChI=1S/C14H15NO3/c1-2-12(14(17)18)15-13(16)11-8-4-6-9-5-3-7-10(9)11/h3-4,6-8,12H,2,5H2,1H3,(H,15,16)(H,17,18)/t12-/m1/s1. The summed E-state index contributed by atoms with van der Waals surface area (Å²) in [6, 6.07) is 4.68. The third-order valence-electron chi connectivity index (χ3n) is 3.08. The molecule has 1 aromatic carbocycles. The minimum absolute atomic E-state index is 0.326. The highest BCUT2D eigenvalue weighted by Gasteiger charge is 2.21. The molecule has 1 aliphatic carbocycles. The van der Waals surface area contributed by atoms with E-state index in [2.05, 4.69) is 5.32 Å². The van der Waals surface area contributed by atoms with E-state index >= 15 is 0 Å². The van der Waals surface area contributed by atoms with Crippen LogP contribution in [0.2, 0.25) is 0 Å². The predicted octanol–water partition coefficient (Wildman–Crippen LogP) is 1.85. The molecule has 1 aliphatic rings. The summed E-state index contributed by atoms with van der Waals surface area (Å²) in [5, 5.41) is 11.5. The highest BCUT2D eigenvalue weighted by Crippen LogP contribution is 2.23. The number of aliphatic carboxylic acids is 1. The predicted molar refractivity (Wildman–Crippen MR) is 68.4 cm³/mol. The molecule has 1 aromatic rings. The molecule has 0 aromatic heterocycles. The van der Waals surface area contributed by atoms with Gasteiger partial charge in [-0.3, -0.25) is 4.79 Å². The fourth-order valence-electron chi connectivity index (χ4n) is 2.06. The van der Waals surface area contributed by atoms with Crippen LogP contribution in [0.1, 0.15) is 34.8 Å².